The Morgan fingerprint density at radius 3 is 3.18 bits per heavy atom. The van der Waals surface area contributed by atoms with Crippen molar-refractivity contribution in [2.75, 3.05) is 20.1 Å². The average molecular weight is 254 g/mol. The van der Waals surface area contributed by atoms with Crippen molar-refractivity contribution in [1.82, 2.24) is 9.88 Å². The normalized spacial score (nSPS) is 23.8. The standard InChI is InChI=1S/C13H22N2OS/c1-10(16)6-12-8-14-13(17-12)7-11-4-3-5-15(2)9-11/h8,10-11,16H,3-7,9H2,1-2H3. The molecule has 2 rings (SSSR count). The number of hydrogen-bond acceptors (Lipinski definition) is 4. The molecule has 0 bridgehead atoms. The highest BCUT2D eigenvalue weighted by Crippen LogP contribution is 2.23. The van der Waals surface area contributed by atoms with E-state index < -0.39 is 0 Å². The van der Waals surface area contributed by atoms with Crippen molar-refractivity contribution in [2.24, 2.45) is 5.92 Å². The molecule has 0 radical (unpaired) electrons. The number of nitrogens with zero attached hydrogens (tertiary/aromatic N) is 2. The van der Waals surface area contributed by atoms with Crippen molar-refractivity contribution in [3.8, 4) is 0 Å². The largest absolute Gasteiger partial charge is 0.393 e. The summed E-state index contributed by atoms with van der Waals surface area (Å²) in [5, 5.41) is 10.6. The molecule has 1 aromatic heterocycles. The molecule has 1 fully saturated rings. The second-order valence-corrected chi connectivity index (χ2v) is 6.45. The maximum Gasteiger partial charge on any atom is 0.0930 e. The molecule has 17 heavy (non-hydrogen) atoms. The molecule has 4 heteroatoms. The molecule has 1 saturated heterocycles. The van der Waals surface area contributed by atoms with Crippen molar-refractivity contribution < 1.29 is 5.11 Å². The molecule has 1 aromatic rings. The third-order valence-electron chi connectivity index (χ3n) is 3.28. The molecular weight excluding hydrogens is 232 g/mol. The van der Waals surface area contributed by atoms with E-state index in [1.807, 2.05) is 13.1 Å². The van der Waals surface area contributed by atoms with E-state index in [1.165, 1.54) is 35.8 Å². The smallest absolute Gasteiger partial charge is 0.0930 e. The van der Waals surface area contributed by atoms with Crippen molar-refractivity contribution in [2.45, 2.75) is 38.7 Å². The van der Waals surface area contributed by atoms with Crippen LogP contribution in [-0.4, -0.2) is 41.2 Å². The van der Waals surface area contributed by atoms with Gasteiger partial charge < -0.3 is 10.0 Å². The molecule has 96 valence electrons. The lowest BCUT2D eigenvalue weighted by molar-refractivity contribution is 0.196. The fraction of sp³-hybridized carbons (Fsp3) is 0.769. The molecule has 2 unspecified atom stereocenters. The maximum atomic E-state index is 9.34. The molecule has 0 aliphatic carbocycles. The van der Waals surface area contributed by atoms with Crippen LogP contribution in [0.15, 0.2) is 6.20 Å². The highest BCUT2D eigenvalue weighted by Gasteiger charge is 2.18. The first-order valence-corrected chi connectivity index (χ1v) is 7.25. The molecule has 0 spiro atoms. The highest BCUT2D eigenvalue weighted by atomic mass is 32.1. The van der Waals surface area contributed by atoms with Crippen LogP contribution in [0.3, 0.4) is 0 Å². The molecule has 2 atom stereocenters. The van der Waals surface area contributed by atoms with E-state index in [2.05, 4.69) is 16.9 Å². The quantitative estimate of drug-likeness (QED) is 0.892. The second kappa shape index (κ2) is 5.94. The molecule has 0 amide bonds. The Kier molecular flexibility index (Phi) is 4.54. The summed E-state index contributed by atoms with van der Waals surface area (Å²) in [5.41, 5.74) is 0. The van der Waals surface area contributed by atoms with Gasteiger partial charge in [-0.15, -0.1) is 11.3 Å². The number of piperidine rings is 1. The van der Waals surface area contributed by atoms with Gasteiger partial charge in [0.1, 0.15) is 0 Å². The molecule has 2 heterocycles. The van der Waals surface area contributed by atoms with E-state index in [1.54, 1.807) is 11.3 Å². The van der Waals surface area contributed by atoms with E-state index in [-0.39, 0.29) is 6.10 Å². The van der Waals surface area contributed by atoms with Gasteiger partial charge in [0.05, 0.1) is 11.1 Å². The van der Waals surface area contributed by atoms with Gasteiger partial charge in [-0.3, -0.25) is 0 Å². The third kappa shape index (κ3) is 4.05. The predicted octanol–water partition coefficient (Wildman–Crippen LogP) is 1.95. The number of hydrogen-bond donors (Lipinski definition) is 1. The van der Waals surface area contributed by atoms with Gasteiger partial charge in [0, 0.05) is 30.5 Å². The van der Waals surface area contributed by atoms with Crippen LogP contribution in [0.25, 0.3) is 0 Å². The SMILES string of the molecule is CC(O)Cc1cnc(CC2CCCN(C)C2)s1. The highest BCUT2D eigenvalue weighted by molar-refractivity contribution is 7.11. The fourth-order valence-corrected chi connectivity index (χ4v) is 3.67. The first kappa shape index (κ1) is 13.0. The summed E-state index contributed by atoms with van der Waals surface area (Å²) in [6.45, 7) is 4.27. The van der Waals surface area contributed by atoms with E-state index >= 15 is 0 Å². The van der Waals surface area contributed by atoms with Crippen LogP contribution in [-0.2, 0) is 12.8 Å². The van der Waals surface area contributed by atoms with Crippen LogP contribution in [0, 0.1) is 5.92 Å². The number of thiazole rings is 1. The van der Waals surface area contributed by atoms with Gasteiger partial charge in [-0.2, -0.15) is 0 Å². The number of rotatable bonds is 4. The number of aliphatic hydroxyl groups is 1. The van der Waals surface area contributed by atoms with Gasteiger partial charge >= 0.3 is 0 Å². The monoisotopic (exact) mass is 254 g/mol. The lowest BCUT2D eigenvalue weighted by Crippen LogP contribution is -2.32. The summed E-state index contributed by atoms with van der Waals surface area (Å²) in [6.07, 6.45) is 6.16. The summed E-state index contributed by atoms with van der Waals surface area (Å²) in [7, 11) is 2.20. The molecular formula is C13H22N2OS. The molecule has 1 N–H and O–H groups in total. The van der Waals surface area contributed by atoms with Crippen LogP contribution >= 0.6 is 11.3 Å². The van der Waals surface area contributed by atoms with E-state index in [0.29, 0.717) is 0 Å². The van der Waals surface area contributed by atoms with Crippen LogP contribution in [0.1, 0.15) is 29.7 Å². The Morgan fingerprint density at radius 2 is 2.47 bits per heavy atom. The summed E-state index contributed by atoms with van der Waals surface area (Å²) in [5.74, 6) is 0.763. The van der Waals surface area contributed by atoms with Crippen LogP contribution < -0.4 is 0 Å². The van der Waals surface area contributed by atoms with Crippen molar-refractivity contribution >= 4 is 11.3 Å². The minimum atomic E-state index is -0.260. The minimum absolute atomic E-state index is 0.260. The predicted molar refractivity (Wildman–Crippen MR) is 71.4 cm³/mol. The maximum absolute atomic E-state index is 9.34. The first-order chi connectivity index (χ1) is 8.13. The van der Waals surface area contributed by atoms with Gasteiger partial charge in [-0.25, -0.2) is 4.98 Å². The third-order valence-corrected chi connectivity index (χ3v) is 4.33. The van der Waals surface area contributed by atoms with Crippen molar-refractivity contribution in [3.63, 3.8) is 0 Å². The van der Waals surface area contributed by atoms with Crippen LogP contribution in [0.2, 0.25) is 0 Å². The fourth-order valence-electron chi connectivity index (χ4n) is 2.51. The van der Waals surface area contributed by atoms with E-state index in [9.17, 15) is 5.11 Å². The van der Waals surface area contributed by atoms with Gasteiger partial charge in [0.2, 0.25) is 0 Å². The Balaban J connectivity index is 1.87. The zero-order valence-corrected chi connectivity index (χ0v) is 11.5. The van der Waals surface area contributed by atoms with Crippen molar-refractivity contribution in [1.29, 1.82) is 0 Å². The molecule has 1 aliphatic rings. The lowest BCUT2D eigenvalue weighted by Gasteiger charge is -2.29. The number of likely N-dealkylation sites (tertiary alicyclic amines) is 1. The average Bonchev–Trinajstić information content (AvgIpc) is 2.64. The van der Waals surface area contributed by atoms with Gasteiger partial charge in [-0.05, 0) is 39.3 Å². The van der Waals surface area contributed by atoms with Crippen LogP contribution in [0.4, 0.5) is 0 Å². The Bertz CT molecular complexity index is 351. The van der Waals surface area contributed by atoms with Gasteiger partial charge in [-0.1, -0.05) is 0 Å². The van der Waals surface area contributed by atoms with Gasteiger partial charge in [0.15, 0.2) is 0 Å². The summed E-state index contributed by atoms with van der Waals surface area (Å²) < 4.78 is 0. The molecule has 0 aromatic carbocycles. The molecule has 0 saturated carbocycles. The van der Waals surface area contributed by atoms with Crippen molar-refractivity contribution in [3.05, 3.63) is 16.1 Å². The van der Waals surface area contributed by atoms with Gasteiger partial charge in [0.25, 0.3) is 0 Å². The Labute approximate surface area is 107 Å². The summed E-state index contributed by atoms with van der Waals surface area (Å²) in [4.78, 5) is 8.10. The molecule has 1 aliphatic heterocycles. The second-order valence-electron chi connectivity index (χ2n) is 5.25. The first-order valence-electron chi connectivity index (χ1n) is 6.43. The number of aliphatic hydroxyl groups excluding tert-OH is 1. The van der Waals surface area contributed by atoms with Crippen LogP contribution in [0.5, 0.6) is 0 Å². The van der Waals surface area contributed by atoms with E-state index in [4.69, 9.17) is 0 Å². The minimum Gasteiger partial charge on any atom is -0.393 e. The summed E-state index contributed by atoms with van der Waals surface area (Å²) in [6, 6.07) is 0. The zero-order valence-electron chi connectivity index (χ0n) is 10.7. The zero-order chi connectivity index (χ0) is 12.3. The number of aromatic nitrogens is 1. The summed E-state index contributed by atoms with van der Waals surface area (Å²) >= 11 is 1.77. The van der Waals surface area contributed by atoms with E-state index in [0.717, 1.165) is 18.8 Å². The molecule has 3 nitrogen and oxygen atoms in total. The Morgan fingerprint density at radius 1 is 1.65 bits per heavy atom. The Hall–Kier alpha value is -0.450. The lowest BCUT2D eigenvalue weighted by atomic mass is 9.95. The topological polar surface area (TPSA) is 36.4 Å².